The molecule has 0 unspecified atom stereocenters. The third-order valence-corrected chi connectivity index (χ3v) is 3.24. The summed E-state index contributed by atoms with van der Waals surface area (Å²) < 4.78 is 0. The summed E-state index contributed by atoms with van der Waals surface area (Å²) in [6.07, 6.45) is 15.1. The number of hydrogen-bond donors (Lipinski definition) is 0. The fraction of sp³-hybridized carbons (Fsp3) is 0.471. The molecule has 0 aromatic heterocycles. The molecule has 1 heteroatoms. The molecule has 0 atom stereocenters. The molecule has 1 nitrogen and oxygen atoms in total. The third-order valence-electron chi connectivity index (χ3n) is 3.24. The molecule has 0 aliphatic heterocycles. The largest absolute Gasteiger partial charge is 0.290 e. The van der Waals surface area contributed by atoms with Crippen LogP contribution < -0.4 is 0 Å². The molecule has 0 aromatic carbocycles. The van der Waals surface area contributed by atoms with Crippen molar-refractivity contribution in [3.63, 3.8) is 0 Å². The highest BCUT2D eigenvalue weighted by molar-refractivity contribution is 6.00. The lowest BCUT2D eigenvalue weighted by Gasteiger charge is -2.22. The van der Waals surface area contributed by atoms with E-state index in [9.17, 15) is 4.79 Å². The maximum Gasteiger partial charge on any atom is 0.178 e. The summed E-state index contributed by atoms with van der Waals surface area (Å²) in [5.41, 5.74) is 2.81. The molecule has 0 N–H and O–H groups in total. The van der Waals surface area contributed by atoms with Crippen LogP contribution in [-0.4, -0.2) is 5.78 Å². The summed E-state index contributed by atoms with van der Waals surface area (Å²) in [6, 6.07) is 0. The number of allylic oxidation sites excluding steroid dienone is 8. The predicted octanol–water partition coefficient (Wildman–Crippen LogP) is 4.77. The fourth-order valence-corrected chi connectivity index (χ4v) is 1.88. The van der Waals surface area contributed by atoms with Crippen LogP contribution in [0.15, 0.2) is 47.6 Å². The van der Waals surface area contributed by atoms with Crippen LogP contribution in [0.4, 0.5) is 0 Å². The van der Waals surface area contributed by atoms with Crippen molar-refractivity contribution in [2.75, 3.05) is 0 Å². The van der Waals surface area contributed by atoms with Crippen LogP contribution >= 0.6 is 0 Å². The molecule has 0 amide bonds. The molecular formula is C17H24O. The molecule has 98 valence electrons. The Labute approximate surface area is 111 Å². The van der Waals surface area contributed by atoms with Crippen LogP contribution in [0.2, 0.25) is 0 Å². The average molecular weight is 244 g/mol. The molecule has 1 aliphatic carbocycles. The monoisotopic (exact) mass is 244 g/mol. The Balaban J connectivity index is 2.48. The van der Waals surface area contributed by atoms with Gasteiger partial charge in [0.2, 0.25) is 0 Å². The molecular weight excluding hydrogens is 220 g/mol. The Hall–Kier alpha value is -1.37. The highest BCUT2D eigenvalue weighted by Crippen LogP contribution is 2.29. The average Bonchev–Trinajstić information content (AvgIpc) is 2.31. The first-order valence-corrected chi connectivity index (χ1v) is 6.63. The van der Waals surface area contributed by atoms with Gasteiger partial charge in [0.1, 0.15) is 0 Å². The molecule has 0 aromatic rings. The smallest absolute Gasteiger partial charge is 0.178 e. The lowest BCUT2D eigenvalue weighted by atomic mass is 9.82. The molecule has 0 radical (unpaired) electrons. The van der Waals surface area contributed by atoms with Gasteiger partial charge < -0.3 is 0 Å². The second-order valence-corrected chi connectivity index (χ2v) is 5.65. The van der Waals surface area contributed by atoms with Crippen molar-refractivity contribution in [2.24, 2.45) is 5.41 Å². The van der Waals surface area contributed by atoms with Crippen LogP contribution in [0.3, 0.4) is 0 Å². The van der Waals surface area contributed by atoms with E-state index >= 15 is 0 Å². The van der Waals surface area contributed by atoms with Gasteiger partial charge in [-0.1, -0.05) is 42.4 Å². The molecule has 0 heterocycles. The minimum atomic E-state index is 0.00564. The van der Waals surface area contributed by atoms with Crippen molar-refractivity contribution in [1.29, 1.82) is 0 Å². The maximum atomic E-state index is 11.1. The SMILES string of the molecule is CC(C)=CCC/C(C)=C/CC1(C)C=CC(=O)C=C1. The zero-order valence-corrected chi connectivity index (χ0v) is 12.0. The van der Waals surface area contributed by atoms with Crippen molar-refractivity contribution < 1.29 is 4.79 Å². The van der Waals surface area contributed by atoms with E-state index in [1.165, 1.54) is 11.1 Å². The number of ketones is 1. The summed E-state index contributed by atoms with van der Waals surface area (Å²) in [7, 11) is 0. The zero-order chi connectivity index (χ0) is 13.6. The molecule has 1 rings (SSSR count). The van der Waals surface area contributed by atoms with Gasteiger partial charge in [-0.05, 0) is 52.2 Å². The van der Waals surface area contributed by atoms with E-state index < -0.39 is 0 Å². The second kappa shape index (κ2) is 6.53. The summed E-state index contributed by atoms with van der Waals surface area (Å²) in [6.45, 7) is 8.61. The fourth-order valence-electron chi connectivity index (χ4n) is 1.88. The standard InChI is InChI=1S/C17H24O/c1-14(2)6-5-7-15(3)8-11-17(4)12-9-16(18)10-13-17/h6,8-10,12-13H,5,7,11H2,1-4H3/b15-8+. The zero-order valence-electron chi connectivity index (χ0n) is 12.0. The van der Waals surface area contributed by atoms with Crippen LogP contribution in [0.25, 0.3) is 0 Å². The van der Waals surface area contributed by atoms with Crippen molar-refractivity contribution in [2.45, 2.75) is 47.0 Å². The van der Waals surface area contributed by atoms with Crippen molar-refractivity contribution >= 4 is 5.78 Å². The minimum Gasteiger partial charge on any atom is -0.290 e. The van der Waals surface area contributed by atoms with Gasteiger partial charge in [0, 0.05) is 5.41 Å². The summed E-state index contributed by atoms with van der Waals surface area (Å²) in [5, 5.41) is 0. The summed E-state index contributed by atoms with van der Waals surface area (Å²) in [5.74, 6) is 0.0942. The van der Waals surface area contributed by atoms with Crippen molar-refractivity contribution in [3.05, 3.63) is 47.6 Å². The van der Waals surface area contributed by atoms with Gasteiger partial charge in [-0.2, -0.15) is 0 Å². The van der Waals surface area contributed by atoms with Crippen LogP contribution in [0.5, 0.6) is 0 Å². The highest BCUT2D eigenvalue weighted by atomic mass is 16.1. The first-order chi connectivity index (χ1) is 8.41. The van der Waals surface area contributed by atoms with E-state index in [4.69, 9.17) is 0 Å². The Morgan fingerprint density at radius 2 is 1.78 bits per heavy atom. The van der Waals surface area contributed by atoms with Crippen LogP contribution in [-0.2, 0) is 4.79 Å². The molecule has 0 spiro atoms. The molecule has 0 saturated carbocycles. The quantitative estimate of drug-likeness (QED) is 0.637. The van der Waals surface area contributed by atoms with Crippen molar-refractivity contribution in [3.8, 4) is 0 Å². The van der Waals surface area contributed by atoms with Gasteiger partial charge >= 0.3 is 0 Å². The Bertz CT molecular complexity index is 399. The van der Waals surface area contributed by atoms with Crippen LogP contribution in [0, 0.1) is 5.41 Å². The number of carbonyl (C=O) groups excluding carboxylic acids is 1. The van der Waals surface area contributed by atoms with Gasteiger partial charge in [0.25, 0.3) is 0 Å². The summed E-state index contributed by atoms with van der Waals surface area (Å²) >= 11 is 0. The van der Waals surface area contributed by atoms with Gasteiger partial charge in [-0.3, -0.25) is 4.79 Å². The van der Waals surface area contributed by atoms with Gasteiger partial charge in [0.05, 0.1) is 0 Å². The number of rotatable bonds is 5. The third kappa shape index (κ3) is 5.31. The van der Waals surface area contributed by atoms with Gasteiger partial charge in [-0.25, -0.2) is 0 Å². The highest BCUT2D eigenvalue weighted by Gasteiger charge is 2.19. The molecule has 18 heavy (non-hydrogen) atoms. The lowest BCUT2D eigenvalue weighted by molar-refractivity contribution is -0.110. The van der Waals surface area contributed by atoms with E-state index in [0.717, 1.165) is 19.3 Å². The number of hydrogen-bond acceptors (Lipinski definition) is 1. The first-order valence-electron chi connectivity index (χ1n) is 6.63. The van der Waals surface area contributed by atoms with E-state index in [0.29, 0.717) is 0 Å². The van der Waals surface area contributed by atoms with Gasteiger partial charge in [0.15, 0.2) is 5.78 Å². The van der Waals surface area contributed by atoms with E-state index in [2.05, 4.69) is 39.8 Å². The topological polar surface area (TPSA) is 17.1 Å². The molecule has 0 saturated heterocycles. The number of carbonyl (C=O) groups is 1. The molecule has 1 aliphatic rings. The Morgan fingerprint density at radius 1 is 1.17 bits per heavy atom. The summed E-state index contributed by atoms with van der Waals surface area (Å²) in [4.78, 5) is 11.1. The van der Waals surface area contributed by atoms with E-state index in [1.807, 2.05) is 12.2 Å². The van der Waals surface area contributed by atoms with E-state index in [-0.39, 0.29) is 11.2 Å². The molecule has 0 bridgehead atoms. The van der Waals surface area contributed by atoms with Crippen LogP contribution in [0.1, 0.15) is 47.0 Å². The first kappa shape index (κ1) is 14.7. The van der Waals surface area contributed by atoms with E-state index in [1.54, 1.807) is 12.2 Å². The predicted molar refractivity (Wildman–Crippen MR) is 78.4 cm³/mol. The molecule has 0 fully saturated rings. The van der Waals surface area contributed by atoms with Crippen molar-refractivity contribution in [1.82, 2.24) is 0 Å². The van der Waals surface area contributed by atoms with Gasteiger partial charge in [-0.15, -0.1) is 0 Å². The second-order valence-electron chi connectivity index (χ2n) is 5.65. The Morgan fingerprint density at radius 3 is 2.33 bits per heavy atom. The minimum absolute atomic E-state index is 0.00564. The lowest BCUT2D eigenvalue weighted by Crippen LogP contribution is -2.13. The normalized spacial score (nSPS) is 18.0. The maximum absolute atomic E-state index is 11.1. The Kier molecular flexibility index (Phi) is 5.33.